The molecule has 0 saturated heterocycles. The van der Waals surface area contributed by atoms with Gasteiger partial charge in [0.05, 0.1) is 0 Å². The van der Waals surface area contributed by atoms with E-state index in [1.54, 1.807) is 11.8 Å². The molecular weight excluding hydrogens is 177 g/mol. The molecular formula is C8H14N3NaO. The summed E-state index contributed by atoms with van der Waals surface area (Å²) in [7, 11) is 3.67. The normalized spacial score (nSPS) is 9.23. The van der Waals surface area contributed by atoms with Gasteiger partial charge in [0.1, 0.15) is 0 Å². The van der Waals surface area contributed by atoms with Crippen molar-refractivity contribution in [1.82, 2.24) is 9.97 Å². The van der Waals surface area contributed by atoms with Crippen molar-refractivity contribution in [2.75, 3.05) is 19.0 Å². The van der Waals surface area contributed by atoms with Crippen molar-refractivity contribution in [1.29, 1.82) is 0 Å². The molecule has 0 aliphatic carbocycles. The van der Waals surface area contributed by atoms with Gasteiger partial charge in [0.2, 0.25) is 11.8 Å². The Kier molecular flexibility index (Phi) is 4.67. The van der Waals surface area contributed by atoms with Crippen LogP contribution in [0.3, 0.4) is 0 Å². The molecule has 68 valence electrons. The zero-order valence-electron chi connectivity index (χ0n) is 7.79. The molecule has 13 heavy (non-hydrogen) atoms. The maximum atomic E-state index is 9.35. The Bertz CT molecular complexity index is 278. The standard InChI is InChI=1S/C8H13N3O.Na.H/c1-5-6(2)9-8(11(3)4)10-7(5)12;;/h1-4H3,(H,9,10,12);;. The first-order valence-electron chi connectivity index (χ1n) is 3.74. The second kappa shape index (κ2) is 4.79. The zero-order valence-corrected chi connectivity index (χ0v) is 7.79. The molecule has 1 N–H and O–H groups in total. The van der Waals surface area contributed by atoms with E-state index in [0.29, 0.717) is 5.95 Å². The molecule has 0 aromatic carbocycles. The summed E-state index contributed by atoms with van der Waals surface area (Å²) in [6.45, 7) is 3.65. The van der Waals surface area contributed by atoms with Gasteiger partial charge in [0.15, 0.2) is 0 Å². The topological polar surface area (TPSA) is 49.2 Å². The van der Waals surface area contributed by atoms with Crippen LogP contribution in [-0.4, -0.2) is 58.7 Å². The Morgan fingerprint density at radius 1 is 1.15 bits per heavy atom. The Balaban J connectivity index is 0.00000144. The third-order valence-corrected chi connectivity index (χ3v) is 1.75. The molecule has 0 radical (unpaired) electrons. The molecule has 1 heterocycles. The van der Waals surface area contributed by atoms with Gasteiger partial charge in [-0.15, -0.1) is 0 Å². The van der Waals surface area contributed by atoms with Gasteiger partial charge in [0.25, 0.3) is 0 Å². The van der Waals surface area contributed by atoms with Gasteiger partial charge in [-0.1, -0.05) is 0 Å². The second-order valence-electron chi connectivity index (χ2n) is 2.95. The van der Waals surface area contributed by atoms with Crippen molar-refractivity contribution >= 4 is 35.5 Å². The van der Waals surface area contributed by atoms with E-state index < -0.39 is 0 Å². The number of hydrogen-bond acceptors (Lipinski definition) is 4. The summed E-state index contributed by atoms with van der Waals surface area (Å²) < 4.78 is 0. The minimum atomic E-state index is 0. The van der Waals surface area contributed by atoms with Gasteiger partial charge in [-0.2, -0.15) is 4.98 Å². The Morgan fingerprint density at radius 3 is 2.08 bits per heavy atom. The summed E-state index contributed by atoms with van der Waals surface area (Å²) in [6.07, 6.45) is 0. The molecule has 0 atom stereocenters. The summed E-state index contributed by atoms with van der Waals surface area (Å²) in [6, 6.07) is 0. The van der Waals surface area contributed by atoms with E-state index >= 15 is 0 Å². The molecule has 0 saturated carbocycles. The fraction of sp³-hybridized carbons (Fsp3) is 0.500. The molecule has 1 rings (SSSR count). The van der Waals surface area contributed by atoms with Gasteiger partial charge in [0, 0.05) is 25.4 Å². The van der Waals surface area contributed by atoms with Gasteiger partial charge >= 0.3 is 29.6 Å². The van der Waals surface area contributed by atoms with E-state index in [9.17, 15) is 5.11 Å². The number of anilines is 1. The van der Waals surface area contributed by atoms with Crippen LogP contribution in [0.5, 0.6) is 5.88 Å². The van der Waals surface area contributed by atoms with Gasteiger partial charge in [-0.25, -0.2) is 4.98 Å². The molecule has 4 nitrogen and oxygen atoms in total. The van der Waals surface area contributed by atoms with Gasteiger partial charge < -0.3 is 10.0 Å². The molecule has 0 aliphatic heterocycles. The van der Waals surface area contributed by atoms with E-state index in [4.69, 9.17) is 0 Å². The fourth-order valence-electron chi connectivity index (χ4n) is 0.799. The van der Waals surface area contributed by atoms with Crippen LogP contribution < -0.4 is 4.90 Å². The number of aromatic nitrogens is 2. The Hall–Kier alpha value is -0.320. The predicted molar refractivity (Wildman–Crippen MR) is 54.6 cm³/mol. The second-order valence-corrected chi connectivity index (χ2v) is 2.95. The van der Waals surface area contributed by atoms with Gasteiger partial charge in [-0.3, -0.25) is 0 Å². The van der Waals surface area contributed by atoms with E-state index in [2.05, 4.69) is 9.97 Å². The van der Waals surface area contributed by atoms with Crippen LogP contribution >= 0.6 is 0 Å². The molecule has 0 fully saturated rings. The molecule has 0 unspecified atom stereocenters. The van der Waals surface area contributed by atoms with E-state index in [-0.39, 0.29) is 35.4 Å². The monoisotopic (exact) mass is 191 g/mol. The Labute approximate surface area is 100 Å². The van der Waals surface area contributed by atoms with Crippen molar-refractivity contribution in [2.24, 2.45) is 0 Å². The van der Waals surface area contributed by atoms with Crippen LogP contribution in [0.15, 0.2) is 0 Å². The third kappa shape index (κ3) is 2.83. The number of aromatic hydroxyl groups is 1. The van der Waals surface area contributed by atoms with Gasteiger partial charge in [-0.05, 0) is 13.8 Å². The number of hydrogen-bond donors (Lipinski definition) is 1. The average Bonchev–Trinajstić information content (AvgIpc) is 1.99. The van der Waals surface area contributed by atoms with Crippen LogP contribution in [0.1, 0.15) is 11.3 Å². The van der Waals surface area contributed by atoms with Crippen LogP contribution in [0.4, 0.5) is 5.95 Å². The zero-order chi connectivity index (χ0) is 9.30. The van der Waals surface area contributed by atoms with Crippen molar-refractivity contribution in [3.8, 4) is 5.88 Å². The quantitative estimate of drug-likeness (QED) is 0.645. The van der Waals surface area contributed by atoms with Crippen molar-refractivity contribution in [2.45, 2.75) is 13.8 Å². The van der Waals surface area contributed by atoms with E-state index in [1.165, 1.54) is 0 Å². The van der Waals surface area contributed by atoms with Crippen LogP contribution in [0.25, 0.3) is 0 Å². The fourth-order valence-corrected chi connectivity index (χ4v) is 0.799. The minimum absolute atomic E-state index is 0. The SMILES string of the molecule is Cc1nc(N(C)C)nc(O)c1C.[NaH]. The molecule has 0 aliphatic rings. The van der Waals surface area contributed by atoms with Crippen molar-refractivity contribution < 1.29 is 5.11 Å². The van der Waals surface area contributed by atoms with Crippen LogP contribution in [0.2, 0.25) is 0 Å². The van der Waals surface area contributed by atoms with Crippen molar-refractivity contribution in [3.05, 3.63) is 11.3 Å². The van der Waals surface area contributed by atoms with Crippen LogP contribution in [-0.2, 0) is 0 Å². The third-order valence-electron chi connectivity index (χ3n) is 1.75. The molecule has 1 aromatic heterocycles. The summed E-state index contributed by atoms with van der Waals surface area (Å²) in [5, 5.41) is 9.35. The van der Waals surface area contributed by atoms with Crippen LogP contribution in [0, 0.1) is 13.8 Å². The van der Waals surface area contributed by atoms with Crippen molar-refractivity contribution in [3.63, 3.8) is 0 Å². The first-order chi connectivity index (χ1) is 5.52. The summed E-state index contributed by atoms with van der Waals surface area (Å²) >= 11 is 0. The number of nitrogens with zero attached hydrogens (tertiary/aromatic N) is 3. The van der Waals surface area contributed by atoms with E-state index in [0.717, 1.165) is 11.3 Å². The summed E-state index contributed by atoms with van der Waals surface area (Å²) in [5.41, 5.74) is 1.55. The summed E-state index contributed by atoms with van der Waals surface area (Å²) in [4.78, 5) is 9.85. The Morgan fingerprint density at radius 2 is 1.69 bits per heavy atom. The maximum absolute atomic E-state index is 9.35. The molecule has 1 aromatic rings. The first-order valence-corrected chi connectivity index (χ1v) is 3.74. The number of rotatable bonds is 1. The molecule has 0 spiro atoms. The molecule has 0 bridgehead atoms. The average molecular weight is 191 g/mol. The molecule has 0 amide bonds. The molecule has 5 heteroatoms. The van der Waals surface area contributed by atoms with E-state index in [1.807, 2.05) is 21.0 Å². The predicted octanol–water partition coefficient (Wildman–Crippen LogP) is 0.217. The first kappa shape index (κ1) is 12.7. The number of aryl methyl sites for hydroxylation is 1. The summed E-state index contributed by atoms with van der Waals surface area (Å²) in [5.74, 6) is 0.599.